The second kappa shape index (κ2) is 9.09. The fourth-order valence-electron chi connectivity index (χ4n) is 5.13. The van der Waals surface area contributed by atoms with Crippen LogP contribution in [0.4, 0.5) is 0 Å². The molecule has 3 aromatic rings. The molecule has 2 aliphatic heterocycles. The number of carbonyl (C=O) groups excluding carboxylic acids is 2. The second-order valence-corrected chi connectivity index (χ2v) is 8.77. The van der Waals surface area contributed by atoms with E-state index in [4.69, 9.17) is 0 Å². The van der Waals surface area contributed by atoms with Crippen LogP contribution >= 0.6 is 0 Å². The summed E-state index contributed by atoms with van der Waals surface area (Å²) in [6.45, 7) is 2.96. The number of amides is 2. The number of likely N-dealkylation sites (tertiary alicyclic amines) is 1. The summed E-state index contributed by atoms with van der Waals surface area (Å²) in [6, 6.07) is 27.6. The van der Waals surface area contributed by atoms with Crippen LogP contribution in [0.5, 0.6) is 0 Å². The zero-order chi connectivity index (χ0) is 21.9. The van der Waals surface area contributed by atoms with Crippen LogP contribution in [0.1, 0.15) is 63.1 Å². The molecule has 162 valence electrons. The van der Waals surface area contributed by atoms with Crippen molar-refractivity contribution in [2.45, 2.75) is 31.2 Å². The van der Waals surface area contributed by atoms with Gasteiger partial charge in [-0.3, -0.25) is 14.5 Å². The highest BCUT2D eigenvalue weighted by atomic mass is 16.2. The van der Waals surface area contributed by atoms with Crippen molar-refractivity contribution in [1.82, 2.24) is 9.80 Å². The Labute approximate surface area is 189 Å². The van der Waals surface area contributed by atoms with Gasteiger partial charge in [-0.05, 0) is 61.5 Å². The molecular weight excluding hydrogens is 396 g/mol. The van der Waals surface area contributed by atoms with E-state index in [1.54, 1.807) is 12.1 Å². The van der Waals surface area contributed by atoms with Crippen molar-refractivity contribution in [2.75, 3.05) is 19.6 Å². The van der Waals surface area contributed by atoms with E-state index < -0.39 is 0 Å². The van der Waals surface area contributed by atoms with Crippen LogP contribution in [-0.2, 0) is 0 Å². The largest absolute Gasteiger partial charge is 0.303 e. The summed E-state index contributed by atoms with van der Waals surface area (Å²) in [7, 11) is 0. The van der Waals surface area contributed by atoms with Crippen LogP contribution in [0, 0.1) is 0 Å². The molecule has 0 saturated carbocycles. The number of rotatable bonds is 6. The highest BCUT2D eigenvalue weighted by Crippen LogP contribution is 2.34. The average Bonchev–Trinajstić information content (AvgIpc) is 3.11. The maximum Gasteiger partial charge on any atom is 0.262 e. The van der Waals surface area contributed by atoms with Gasteiger partial charge < -0.3 is 4.90 Å². The second-order valence-electron chi connectivity index (χ2n) is 8.77. The minimum Gasteiger partial charge on any atom is -0.303 e. The number of fused-ring (bicyclic) bond motifs is 1. The van der Waals surface area contributed by atoms with E-state index in [-0.39, 0.29) is 17.9 Å². The van der Waals surface area contributed by atoms with Crippen LogP contribution in [0.25, 0.3) is 0 Å². The molecule has 2 heterocycles. The maximum atomic E-state index is 13.2. The minimum absolute atomic E-state index is 0.178. The van der Waals surface area contributed by atoms with Gasteiger partial charge in [0, 0.05) is 6.54 Å². The van der Waals surface area contributed by atoms with Crippen molar-refractivity contribution < 1.29 is 9.59 Å². The molecule has 1 saturated heterocycles. The number of hydrogen-bond donors (Lipinski definition) is 0. The molecule has 0 aliphatic carbocycles. The Morgan fingerprint density at radius 1 is 0.719 bits per heavy atom. The summed E-state index contributed by atoms with van der Waals surface area (Å²) in [5, 5.41) is 0. The third kappa shape index (κ3) is 3.98. The monoisotopic (exact) mass is 424 g/mol. The van der Waals surface area contributed by atoms with E-state index in [0.29, 0.717) is 17.0 Å². The molecule has 0 radical (unpaired) electrons. The smallest absolute Gasteiger partial charge is 0.262 e. The first-order valence-electron chi connectivity index (χ1n) is 11.5. The first-order chi connectivity index (χ1) is 15.7. The quantitative estimate of drug-likeness (QED) is 0.505. The van der Waals surface area contributed by atoms with Crippen molar-refractivity contribution in [3.05, 3.63) is 107 Å². The molecule has 0 spiro atoms. The lowest BCUT2D eigenvalue weighted by Gasteiger charge is -2.34. The van der Waals surface area contributed by atoms with Gasteiger partial charge >= 0.3 is 0 Å². The summed E-state index contributed by atoms with van der Waals surface area (Å²) >= 11 is 0. The van der Waals surface area contributed by atoms with E-state index in [1.807, 2.05) is 42.5 Å². The highest BCUT2D eigenvalue weighted by Gasteiger charge is 2.40. The highest BCUT2D eigenvalue weighted by molar-refractivity contribution is 6.21. The summed E-state index contributed by atoms with van der Waals surface area (Å²) < 4.78 is 0. The number of piperidine rings is 1. The Morgan fingerprint density at radius 2 is 1.25 bits per heavy atom. The molecule has 2 amide bonds. The molecule has 3 aromatic carbocycles. The lowest BCUT2D eigenvalue weighted by Crippen LogP contribution is -2.38. The van der Waals surface area contributed by atoms with Crippen molar-refractivity contribution in [2.24, 2.45) is 0 Å². The number of hydrogen-bond acceptors (Lipinski definition) is 3. The average molecular weight is 425 g/mol. The fraction of sp³-hybridized carbons (Fsp3) is 0.286. The van der Waals surface area contributed by atoms with Gasteiger partial charge in [0.2, 0.25) is 0 Å². The van der Waals surface area contributed by atoms with Gasteiger partial charge in [0.05, 0.1) is 17.2 Å². The Morgan fingerprint density at radius 3 is 1.84 bits per heavy atom. The van der Waals surface area contributed by atoms with E-state index >= 15 is 0 Å². The summed E-state index contributed by atoms with van der Waals surface area (Å²) in [6.07, 6.45) is 3.03. The van der Waals surface area contributed by atoms with E-state index in [9.17, 15) is 9.59 Å². The van der Waals surface area contributed by atoms with E-state index in [2.05, 4.69) is 35.2 Å². The minimum atomic E-state index is -0.254. The topological polar surface area (TPSA) is 40.6 Å². The van der Waals surface area contributed by atoms with Gasteiger partial charge in [-0.15, -0.1) is 0 Å². The van der Waals surface area contributed by atoms with Gasteiger partial charge in [0.1, 0.15) is 0 Å². The summed E-state index contributed by atoms with van der Waals surface area (Å²) in [5.74, 6) is 0.262. The first kappa shape index (κ1) is 20.7. The molecule has 1 fully saturated rings. The molecule has 0 bridgehead atoms. The Balaban J connectivity index is 1.30. The lowest BCUT2D eigenvalue weighted by molar-refractivity contribution is 0.0559. The van der Waals surface area contributed by atoms with Gasteiger partial charge in [0.25, 0.3) is 11.8 Å². The predicted octanol–water partition coefficient (Wildman–Crippen LogP) is 5.29. The van der Waals surface area contributed by atoms with Crippen molar-refractivity contribution >= 4 is 11.8 Å². The van der Waals surface area contributed by atoms with Crippen molar-refractivity contribution in [1.29, 1.82) is 0 Å². The van der Waals surface area contributed by atoms with Crippen LogP contribution in [0.15, 0.2) is 84.9 Å². The summed E-state index contributed by atoms with van der Waals surface area (Å²) in [4.78, 5) is 30.3. The number of carbonyl (C=O) groups is 2. The zero-order valence-corrected chi connectivity index (χ0v) is 18.2. The van der Waals surface area contributed by atoms with Crippen LogP contribution in [0.2, 0.25) is 0 Å². The van der Waals surface area contributed by atoms with Gasteiger partial charge in [-0.1, -0.05) is 72.8 Å². The number of benzene rings is 3. The molecule has 0 unspecified atom stereocenters. The Hall–Kier alpha value is -3.24. The zero-order valence-electron chi connectivity index (χ0n) is 18.2. The first-order valence-corrected chi connectivity index (χ1v) is 11.5. The number of imide groups is 1. The predicted molar refractivity (Wildman–Crippen MR) is 126 cm³/mol. The fourth-order valence-corrected chi connectivity index (χ4v) is 5.13. The third-order valence-corrected chi connectivity index (χ3v) is 6.90. The molecule has 4 heteroatoms. The van der Waals surface area contributed by atoms with Crippen LogP contribution < -0.4 is 0 Å². The van der Waals surface area contributed by atoms with E-state index in [0.717, 1.165) is 44.5 Å². The standard InChI is InChI=1S/C28H28N2O2/c31-27-24-13-7-8-14-25(24)28(32)30(27)26(23-11-5-2-6-12-23)17-20-29-18-15-22(16-19-29)21-9-3-1-4-10-21/h1-14,22,26H,15-20H2/t26-/m1/s1. The molecule has 2 aliphatic rings. The Kier molecular flexibility index (Phi) is 5.87. The molecular formula is C28H28N2O2. The van der Waals surface area contributed by atoms with Crippen molar-refractivity contribution in [3.8, 4) is 0 Å². The normalized spacial score (nSPS) is 18.1. The molecule has 0 aromatic heterocycles. The third-order valence-electron chi connectivity index (χ3n) is 6.90. The molecule has 32 heavy (non-hydrogen) atoms. The summed E-state index contributed by atoms with van der Waals surface area (Å²) in [5.41, 5.74) is 3.48. The van der Waals surface area contributed by atoms with E-state index in [1.165, 1.54) is 10.5 Å². The molecule has 4 nitrogen and oxygen atoms in total. The SMILES string of the molecule is O=C1c2ccccc2C(=O)N1[C@H](CCN1CCC(c2ccccc2)CC1)c1ccccc1. The van der Waals surface area contributed by atoms with Gasteiger partial charge in [-0.2, -0.15) is 0 Å². The molecule has 5 rings (SSSR count). The molecule has 1 atom stereocenters. The maximum absolute atomic E-state index is 13.2. The van der Waals surface area contributed by atoms with Gasteiger partial charge in [0.15, 0.2) is 0 Å². The van der Waals surface area contributed by atoms with Crippen LogP contribution in [0.3, 0.4) is 0 Å². The van der Waals surface area contributed by atoms with Gasteiger partial charge in [-0.25, -0.2) is 0 Å². The lowest BCUT2D eigenvalue weighted by atomic mass is 9.89. The number of nitrogens with zero attached hydrogens (tertiary/aromatic N) is 2. The Bertz CT molecular complexity index is 1050. The van der Waals surface area contributed by atoms with Crippen LogP contribution in [-0.4, -0.2) is 41.2 Å². The van der Waals surface area contributed by atoms with Crippen molar-refractivity contribution in [3.63, 3.8) is 0 Å². The molecule has 0 N–H and O–H groups in total.